The molecular formula is C11H19N3O2. The number of hydrogen-bond acceptors (Lipinski definition) is 4. The molecule has 1 amide bonds. The van der Waals surface area contributed by atoms with Crippen molar-refractivity contribution >= 4 is 5.91 Å². The molecular weight excluding hydrogens is 206 g/mol. The van der Waals surface area contributed by atoms with E-state index in [0.717, 1.165) is 19.4 Å². The maximum Gasteiger partial charge on any atom is 0.236 e. The number of carbonyl (C=O) groups excluding carboxylic acids is 1. The number of carbonyl (C=O) groups is 1. The zero-order chi connectivity index (χ0) is 12.0. The quantitative estimate of drug-likeness (QED) is 0.704. The molecule has 0 aliphatic carbocycles. The molecule has 5 nitrogen and oxygen atoms in total. The van der Waals surface area contributed by atoms with Gasteiger partial charge >= 0.3 is 0 Å². The molecule has 1 fully saturated rings. The van der Waals surface area contributed by atoms with Crippen molar-refractivity contribution in [2.45, 2.75) is 25.3 Å². The van der Waals surface area contributed by atoms with Gasteiger partial charge in [0, 0.05) is 19.6 Å². The number of nitriles is 1. The van der Waals surface area contributed by atoms with Crippen molar-refractivity contribution in [1.82, 2.24) is 9.80 Å². The molecule has 0 aromatic carbocycles. The molecule has 1 rings (SSSR count). The lowest BCUT2D eigenvalue weighted by Gasteiger charge is -2.24. The Hall–Kier alpha value is -1.12. The Morgan fingerprint density at radius 1 is 1.69 bits per heavy atom. The van der Waals surface area contributed by atoms with Crippen molar-refractivity contribution in [2.75, 3.05) is 33.3 Å². The zero-order valence-corrected chi connectivity index (χ0v) is 9.72. The maximum atomic E-state index is 11.8. The molecule has 16 heavy (non-hydrogen) atoms. The SMILES string of the molecule is CN(CCC#N)C(=O)CN1CCC[C@@H]1CO. The number of aliphatic hydroxyl groups excluding tert-OH is 1. The Labute approximate surface area is 96.3 Å². The van der Waals surface area contributed by atoms with Gasteiger partial charge in [0.1, 0.15) is 0 Å². The van der Waals surface area contributed by atoms with E-state index in [1.54, 1.807) is 11.9 Å². The highest BCUT2D eigenvalue weighted by molar-refractivity contribution is 5.78. The van der Waals surface area contributed by atoms with E-state index in [4.69, 9.17) is 10.4 Å². The molecule has 0 saturated carbocycles. The average Bonchev–Trinajstić information content (AvgIpc) is 2.72. The van der Waals surface area contributed by atoms with Gasteiger partial charge in [0.05, 0.1) is 25.6 Å². The maximum absolute atomic E-state index is 11.8. The molecule has 0 radical (unpaired) electrons. The van der Waals surface area contributed by atoms with Crippen LogP contribution in [0.3, 0.4) is 0 Å². The first-order chi connectivity index (χ1) is 7.69. The van der Waals surface area contributed by atoms with Crippen LogP contribution in [0.15, 0.2) is 0 Å². The summed E-state index contributed by atoms with van der Waals surface area (Å²) < 4.78 is 0. The molecule has 1 aliphatic heterocycles. The van der Waals surface area contributed by atoms with Crippen molar-refractivity contribution in [3.05, 3.63) is 0 Å². The minimum absolute atomic E-state index is 0.0237. The van der Waals surface area contributed by atoms with E-state index in [1.165, 1.54) is 0 Å². The first-order valence-electron chi connectivity index (χ1n) is 5.65. The van der Waals surface area contributed by atoms with Gasteiger partial charge in [-0.2, -0.15) is 5.26 Å². The Morgan fingerprint density at radius 3 is 3.06 bits per heavy atom. The third kappa shape index (κ3) is 3.47. The van der Waals surface area contributed by atoms with Crippen LogP contribution in [-0.4, -0.2) is 60.1 Å². The summed E-state index contributed by atoms with van der Waals surface area (Å²) >= 11 is 0. The Balaban J connectivity index is 2.35. The lowest BCUT2D eigenvalue weighted by molar-refractivity contribution is -0.131. The average molecular weight is 225 g/mol. The van der Waals surface area contributed by atoms with E-state index in [2.05, 4.69) is 0 Å². The summed E-state index contributed by atoms with van der Waals surface area (Å²) in [6.07, 6.45) is 2.37. The number of nitrogens with zero attached hydrogens (tertiary/aromatic N) is 3. The highest BCUT2D eigenvalue weighted by Crippen LogP contribution is 2.16. The molecule has 0 bridgehead atoms. The minimum atomic E-state index is 0.0237. The van der Waals surface area contributed by atoms with E-state index in [-0.39, 0.29) is 18.6 Å². The Morgan fingerprint density at radius 2 is 2.44 bits per heavy atom. The van der Waals surface area contributed by atoms with Crippen molar-refractivity contribution in [2.24, 2.45) is 0 Å². The standard InChI is InChI=1S/C11H19N3O2/c1-13(6-3-5-12)11(16)8-14-7-2-4-10(14)9-15/h10,15H,2-4,6-9H2,1H3/t10-/m1/s1. The Bertz CT molecular complexity index is 275. The fourth-order valence-electron chi connectivity index (χ4n) is 1.95. The second kappa shape index (κ2) is 6.46. The summed E-state index contributed by atoms with van der Waals surface area (Å²) in [5.41, 5.74) is 0. The fraction of sp³-hybridized carbons (Fsp3) is 0.818. The molecule has 90 valence electrons. The van der Waals surface area contributed by atoms with Crippen LogP contribution in [0.2, 0.25) is 0 Å². The van der Waals surface area contributed by atoms with Crippen LogP contribution in [0.1, 0.15) is 19.3 Å². The lowest BCUT2D eigenvalue weighted by Crippen LogP contribution is -2.42. The van der Waals surface area contributed by atoms with Gasteiger partial charge in [-0.05, 0) is 19.4 Å². The smallest absolute Gasteiger partial charge is 0.236 e. The molecule has 1 heterocycles. The van der Waals surface area contributed by atoms with Gasteiger partial charge in [-0.1, -0.05) is 0 Å². The van der Waals surface area contributed by atoms with Crippen molar-refractivity contribution in [3.63, 3.8) is 0 Å². The van der Waals surface area contributed by atoms with Gasteiger partial charge in [0.2, 0.25) is 5.91 Å². The number of likely N-dealkylation sites (N-methyl/N-ethyl adjacent to an activating group) is 1. The second-order valence-corrected chi connectivity index (χ2v) is 4.17. The molecule has 0 unspecified atom stereocenters. The van der Waals surface area contributed by atoms with E-state index in [9.17, 15) is 4.79 Å². The summed E-state index contributed by atoms with van der Waals surface area (Å²) in [4.78, 5) is 15.4. The van der Waals surface area contributed by atoms with E-state index >= 15 is 0 Å². The largest absolute Gasteiger partial charge is 0.395 e. The van der Waals surface area contributed by atoms with E-state index in [1.807, 2.05) is 11.0 Å². The molecule has 1 atom stereocenters. The van der Waals surface area contributed by atoms with Gasteiger partial charge in [-0.15, -0.1) is 0 Å². The highest BCUT2D eigenvalue weighted by atomic mass is 16.3. The molecule has 0 spiro atoms. The molecule has 1 aliphatic rings. The van der Waals surface area contributed by atoms with Crippen LogP contribution in [0.4, 0.5) is 0 Å². The van der Waals surface area contributed by atoms with Gasteiger partial charge in [0.15, 0.2) is 0 Å². The molecule has 0 aromatic heterocycles. The summed E-state index contributed by atoms with van der Waals surface area (Å²) in [5.74, 6) is 0.0237. The summed E-state index contributed by atoms with van der Waals surface area (Å²) in [6.45, 7) is 1.83. The van der Waals surface area contributed by atoms with E-state index < -0.39 is 0 Å². The van der Waals surface area contributed by atoms with Crippen LogP contribution >= 0.6 is 0 Å². The number of amides is 1. The van der Waals surface area contributed by atoms with Gasteiger partial charge in [0.25, 0.3) is 0 Å². The van der Waals surface area contributed by atoms with Gasteiger partial charge in [-0.3, -0.25) is 9.69 Å². The topological polar surface area (TPSA) is 67.6 Å². The number of hydrogen-bond donors (Lipinski definition) is 1. The normalized spacial score (nSPS) is 20.7. The van der Waals surface area contributed by atoms with E-state index in [0.29, 0.717) is 19.5 Å². The second-order valence-electron chi connectivity index (χ2n) is 4.17. The number of likely N-dealkylation sites (tertiary alicyclic amines) is 1. The predicted octanol–water partition coefficient (Wildman–Crippen LogP) is -0.185. The van der Waals surface area contributed by atoms with Gasteiger partial charge in [-0.25, -0.2) is 0 Å². The minimum Gasteiger partial charge on any atom is -0.395 e. The van der Waals surface area contributed by atoms with Gasteiger partial charge < -0.3 is 10.0 Å². The molecule has 0 aromatic rings. The van der Waals surface area contributed by atoms with Crippen molar-refractivity contribution < 1.29 is 9.90 Å². The summed E-state index contributed by atoms with van der Waals surface area (Å²) in [6, 6.07) is 2.15. The Kier molecular flexibility index (Phi) is 5.23. The third-order valence-corrected chi connectivity index (χ3v) is 3.03. The van der Waals surface area contributed by atoms with Crippen molar-refractivity contribution in [3.8, 4) is 6.07 Å². The highest BCUT2D eigenvalue weighted by Gasteiger charge is 2.26. The van der Waals surface area contributed by atoms with Crippen LogP contribution in [-0.2, 0) is 4.79 Å². The molecule has 5 heteroatoms. The summed E-state index contributed by atoms with van der Waals surface area (Å²) in [7, 11) is 1.71. The van der Waals surface area contributed by atoms with Crippen LogP contribution in [0.25, 0.3) is 0 Å². The van der Waals surface area contributed by atoms with Crippen LogP contribution < -0.4 is 0 Å². The third-order valence-electron chi connectivity index (χ3n) is 3.03. The zero-order valence-electron chi connectivity index (χ0n) is 9.72. The van der Waals surface area contributed by atoms with Crippen LogP contribution in [0.5, 0.6) is 0 Å². The number of aliphatic hydroxyl groups is 1. The van der Waals surface area contributed by atoms with Crippen LogP contribution in [0, 0.1) is 11.3 Å². The first-order valence-corrected chi connectivity index (χ1v) is 5.65. The summed E-state index contributed by atoms with van der Waals surface area (Å²) in [5, 5.41) is 17.5. The molecule has 1 N–H and O–H groups in total. The lowest BCUT2D eigenvalue weighted by atomic mass is 10.2. The van der Waals surface area contributed by atoms with Crippen molar-refractivity contribution in [1.29, 1.82) is 5.26 Å². The number of rotatable bonds is 5. The fourth-order valence-corrected chi connectivity index (χ4v) is 1.95. The monoisotopic (exact) mass is 225 g/mol. The predicted molar refractivity (Wildman–Crippen MR) is 59.5 cm³/mol. The molecule has 1 saturated heterocycles. The first kappa shape index (κ1) is 12.9.